The molecule has 0 amide bonds. The third kappa shape index (κ3) is 3.14. The number of piperidine rings is 1. The summed E-state index contributed by atoms with van der Waals surface area (Å²) < 4.78 is 0. The normalized spacial score (nSPS) is 25.0. The third-order valence-corrected chi connectivity index (χ3v) is 2.91. The molecule has 0 bridgehead atoms. The van der Waals surface area contributed by atoms with E-state index < -0.39 is 5.97 Å². The van der Waals surface area contributed by atoms with Crippen molar-refractivity contribution in [3.63, 3.8) is 0 Å². The predicted octanol–water partition coefficient (Wildman–Crippen LogP) is 1.89. The molecule has 1 unspecified atom stereocenters. The zero-order valence-electron chi connectivity index (χ0n) is 8.99. The lowest BCUT2D eigenvalue weighted by Gasteiger charge is -2.32. The second-order valence-corrected chi connectivity index (χ2v) is 4.03. The van der Waals surface area contributed by atoms with E-state index in [-0.39, 0.29) is 0 Å². The molecular weight excluding hydrogens is 178 g/mol. The lowest BCUT2D eigenvalue weighted by atomic mass is 10.0. The maximum absolute atomic E-state index is 10.6. The molecule has 3 nitrogen and oxygen atoms in total. The van der Waals surface area contributed by atoms with Crippen molar-refractivity contribution in [3.05, 3.63) is 11.6 Å². The average molecular weight is 197 g/mol. The van der Waals surface area contributed by atoms with Crippen molar-refractivity contribution in [2.45, 2.75) is 39.2 Å². The van der Waals surface area contributed by atoms with Crippen LogP contribution in [0.2, 0.25) is 0 Å². The highest BCUT2D eigenvalue weighted by atomic mass is 16.4. The van der Waals surface area contributed by atoms with Gasteiger partial charge in [0, 0.05) is 18.2 Å². The Bertz CT molecular complexity index is 235. The topological polar surface area (TPSA) is 40.5 Å². The van der Waals surface area contributed by atoms with Crippen LogP contribution in [0.4, 0.5) is 0 Å². The number of nitrogens with zero attached hydrogens (tertiary/aromatic N) is 1. The molecule has 0 radical (unpaired) electrons. The number of carboxylic acid groups (broad SMARTS) is 1. The maximum Gasteiger partial charge on any atom is 0.330 e. The number of carboxylic acids is 1. The molecule has 14 heavy (non-hydrogen) atoms. The van der Waals surface area contributed by atoms with E-state index >= 15 is 0 Å². The van der Waals surface area contributed by atoms with Gasteiger partial charge in [0.2, 0.25) is 0 Å². The zero-order chi connectivity index (χ0) is 10.6. The highest BCUT2D eigenvalue weighted by molar-refractivity contribution is 5.85. The molecule has 1 rings (SSSR count). The Hall–Kier alpha value is -0.830. The monoisotopic (exact) mass is 197 g/mol. The van der Waals surface area contributed by atoms with E-state index in [1.807, 2.05) is 6.08 Å². The van der Waals surface area contributed by atoms with Crippen LogP contribution in [-0.4, -0.2) is 35.1 Å². The van der Waals surface area contributed by atoms with E-state index in [4.69, 9.17) is 5.11 Å². The van der Waals surface area contributed by atoms with Gasteiger partial charge in [-0.25, -0.2) is 4.79 Å². The van der Waals surface area contributed by atoms with Crippen LogP contribution < -0.4 is 0 Å². The quantitative estimate of drug-likeness (QED) is 0.702. The number of carbonyl (C=O) groups is 1. The Morgan fingerprint density at radius 2 is 2.29 bits per heavy atom. The van der Waals surface area contributed by atoms with Crippen LogP contribution in [0.15, 0.2) is 11.6 Å². The van der Waals surface area contributed by atoms with Crippen molar-refractivity contribution in [1.29, 1.82) is 0 Å². The second kappa shape index (κ2) is 5.15. The molecule has 0 spiro atoms. The summed E-state index contributed by atoms with van der Waals surface area (Å²) in [4.78, 5) is 12.9. The summed E-state index contributed by atoms with van der Waals surface area (Å²) in [6.45, 7) is 5.74. The van der Waals surface area contributed by atoms with Crippen LogP contribution in [-0.2, 0) is 4.79 Å². The van der Waals surface area contributed by atoms with Gasteiger partial charge in [-0.2, -0.15) is 0 Å². The van der Waals surface area contributed by atoms with Crippen LogP contribution in [0.5, 0.6) is 0 Å². The fraction of sp³-hybridized carbons (Fsp3) is 0.727. The number of hydrogen-bond acceptors (Lipinski definition) is 2. The molecule has 80 valence electrons. The molecule has 1 heterocycles. The minimum atomic E-state index is -0.810. The van der Waals surface area contributed by atoms with Crippen LogP contribution >= 0.6 is 0 Å². The summed E-state index contributed by atoms with van der Waals surface area (Å²) in [6.07, 6.45) is 5.59. The van der Waals surface area contributed by atoms with Crippen LogP contribution in [0, 0.1) is 0 Å². The summed E-state index contributed by atoms with van der Waals surface area (Å²) in [6, 6.07) is 0.599. The van der Waals surface area contributed by atoms with Crippen molar-refractivity contribution in [2.24, 2.45) is 0 Å². The van der Waals surface area contributed by atoms with Gasteiger partial charge in [-0.05, 0) is 33.2 Å². The standard InChI is InChI=1S/C11H19NO2/c1-9(11(13)14)6-8-12-7-4-3-5-10(12)2/h6,10H,3-5,7-8H2,1-2H3,(H,13,14). The van der Waals surface area contributed by atoms with E-state index in [0.29, 0.717) is 11.6 Å². The van der Waals surface area contributed by atoms with E-state index in [0.717, 1.165) is 13.1 Å². The van der Waals surface area contributed by atoms with Gasteiger partial charge in [-0.1, -0.05) is 12.5 Å². The van der Waals surface area contributed by atoms with Crippen molar-refractivity contribution < 1.29 is 9.90 Å². The van der Waals surface area contributed by atoms with Gasteiger partial charge in [0.15, 0.2) is 0 Å². The summed E-state index contributed by atoms with van der Waals surface area (Å²) in [5, 5.41) is 8.69. The molecular formula is C11H19NO2. The molecule has 1 aliphatic rings. The van der Waals surface area contributed by atoms with Crippen LogP contribution in [0.1, 0.15) is 33.1 Å². The van der Waals surface area contributed by atoms with Crippen LogP contribution in [0.25, 0.3) is 0 Å². The van der Waals surface area contributed by atoms with Gasteiger partial charge in [0.1, 0.15) is 0 Å². The molecule has 1 aliphatic heterocycles. The number of aliphatic carboxylic acids is 1. The molecule has 0 saturated carbocycles. The van der Waals surface area contributed by atoms with Gasteiger partial charge in [-0.15, -0.1) is 0 Å². The smallest absolute Gasteiger partial charge is 0.330 e. The summed E-state index contributed by atoms with van der Waals surface area (Å²) in [5.74, 6) is -0.810. The van der Waals surface area contributed by atoms with Gasteiger partial charge in [0.05, 0.1) is 0 Å². The minimum Gasteiger partial charge on any atom is -0.478 e. The predicted molar refractivity (Wildman–Crippen MR) is 56.3 cm³/mol. The molecule has 0 aliphatic carbocycles. The molecule has 0 aromatic carbocycles. The molecule has 1 fully saturated rings. The fourth-order valence-electron chi connectivity index (χ4n) is 1.77. The first-order chi connectivity index (χ1) is 6.61. The first kappa shape index (κ1) is 11.2. The summed E-state index contributed by atoms with van der Waals surface area (Å²) >= 11 is 0. The highest BCUT2D eigenvalue weighted by Crippen LogP contribution is 2.16. The molecule has 1 atom stereocenters. The van der Waals surface area contributed by atoms with Crippen LogP contribution in [0.3, 0.4) is 0 Å². The molecule has 1 N–H and O–H groups in total. The summed E-state index contributed by atoms with van der Waals surface area (Å²) in [7, 11) is 0. The number of rotatable bonds is 3. The number of likely N-dealkylation sites (tertiary alicyclic amines) is 1. The van der Waals surface area contributed by atoms with Gasteiger partial charge in [-0.3, -0.25) is 4.90 Å². The SMILES string of the molecule is CC(=CCN1CCCCC1C)C(=O)O. The molecule has 3 heteroatoms. The van der Waals surface area contributed by atoms with Gasteiger partial charge < -0.3 is 5.11 Å². The highest BCUT2D eigenvalue weighted by Gasteiger charge is 2.16. The Labute approximate surface area is 85.4 Å². The Morgan fingerprint density at radius 1 is 1.57 bits per heavy atom. The second-order valence-electron chi connectivity index (χ2n) is 4.03. The van der Waals surface area contributed by atoms with Crippen molar-refractivity contribution in [2.75, 3.05) is 13.1 Å². The van der Waals surface area contributed by atoms with Crippen molar-refractivity contribution in [1.82, 2.24) is 4.90 Å². The van der Waals surface area contributed by atoms with Crippen molar-refractivity contribution >= 4 is 5.97 Å². The van der Waals surface area contributed by atoms with E-state index in [1.54, 1.807) is 6.92 Å². The van der Waals surface area contributed by atoms with E-state index in [9.17, 15) is 4.79 Å². The Morgan fingerprint density at radius 3 is 2.86 bits per heavy atom. The molecule has 0 aromatic rings. The lowest BCUT2D eigenvalue weighted by molar-refractivity contribution is -0.132. The average Bonchev–Trinajstić information content (AvgIpc) is 2.16. The van der Waals surface area contributed by atoms with Crippen molar-refractivity contribution in [3.8, 4) is 0 Å². The Kier molecular flexibility index (Phi) is 4.14. The third-order valence-electron chi connectivity index (χ3n) is 2.91. The maximum atomic E-state index is 10.6. The first-order valence-corrected chi connectivity index (χ1v) is 5.25. The molecule has 1 saturated heterocycles. The largest absolute Gasteiger partial charge is 0.478 e. The minimum absolute atomic E-state index is 0.447. The lowest BCUT2D eigenvalue weighted by Crippen LogP contribution is -2.37. The molecule has 0 aromatic heterocycles. The summed E-state index contributed by atoms with van der Waals surface area (Å²) in [5.41, 5.74) is 0.447. The van der Waals surface area contributed by atoms with E-state index in [1.165, 1.54) is 19.3 Å². The fourth-order valence-corrected chi connectivity index (χ4v) is 1.77. The zero-order valence-corrected chi connectivity index (χ0v) is 8.99. The van der Waals surface area contributed by atoms with Gasteiger partial charge >= 0.3 is 5.97 Å². The first-order valence-electron chi connectivity index (χ1n) is 5.25. The Balaban J connectivity index is 2.43. The number of hydrogen-bond donors (Lipinski definition) is 1. The van der Waals surface area contributed by atoms with E-state index in [2.05, 4.69) is 11.8 Å². The van der Waals surface area contributed by atoms with Gasteiger partial charge in [0.25, 0.3) is 0 Å².